The Morgan fingerprint density at radius 1 is 1.13 bits per heavy atom. The summed E-state index contributed by atoms with van der Waals surface area (Å²) in [5, 5.41) is 7.19. The van der Waals surface area contributed by atoms with E-state index in [2.05, 4.69) is 27.2 Å². The molecule has 0 radical (unpaired) electrons. The lowest BCUT2D eigenvalue weighted by Gasteiger charge is -2.08. The minimum Gasteiger partial charge on any atom is -0.497 e. The number of carbonyl (C=O) groups excluding carboxylic acids is 1. The molecule has 2 aromatic heterocycles. The number of aromatic nitrogens is 3. The zero-order valence-corrected chi connectivity index (χ0v) is 17.0. The molecule has 0 aliphatic heterocycles. The van der Waals surface area contributed by atoms with Crippen LogP contribution in [0.25, 0.3) is 11.3 Å². The van der Waals surface area contributed by atoms with E-state index in [0.717, 1.165) is 5.56 Å². The summed E-state index contributed by atoms with van der Waals surface area (Å²) in [6.45, 7) is 0.408. The number of amides is 1. The second-order valence-electron chi connectivity index (χ2n) is 6.12. The van der Waals surface area contributed by atoms with Crippen LogP contribution in [0.2, 0.25) is 0 Å². The standard InChI is InChI=1S/C22H22N4O4/c1-26-20(14-19(25-26)18-13-16(28-2)8-9-21(18)29-3)22(27)24-11-4-5-12-30-17-7-6-10-23-15-17/h6-10,13-15H,11-12H2,1-3H3,(H,24,27). The number of hydrogen-bond donors (Lipinski definition) is 1. The van der Waals surface area contributed by atoms with E-state index in [4.69, 9.17) is 14.2 Å². The predicted molar refractivity (Wildman–Crippen MR) is 112 cm³/mol. The number of nitrogens with one attached hydrogen (secondary N) is 1. The lowest BCUT2D eigenvalue weighted by atomic mass is 10.1. The average Bonchev–Trinajstić information content (AvgIpc) is 3.17. The lowest BCUT2D eigenvalue weighted by Crippen LogP contribution is -2.25. The number of pyridine rings is 1. The first-order chi connectivity index (χ1) is 14.6. The van der Waals surface area contributed by atoms with E-state index >= 15 is 0 Å². The summed E-state index contributed by atoms with van der Waals surface area (Å²) in [4.78, 5) is 16.5. The number of methoxy groups -OCH3 is 2. The van der Waals surface area contributed by atoms with Crippen molar-refractivity contribution in [3.05, 3.63) is 54.5 Å². The summed E-state index contributed by atoms with van der Waals surface area (Å²) in [6, 6.07) is 10.7. The van der Waals surface area contributed by atoms with E-state index in [9.17, 15) is 4.79 Å². The summed E-state index contributed by atoms with van der Waals surface area (Å²) in [5.41, 5.74) is 1.75. The molecular weight excluding hydrogens is 384 g/mol. The molecule has 0 spiro atoms. The zero-order valence-electron chi connectivity index (χ0n) is 17.0. The fourth-order valence-electron chi connectivity index (χ4n) is 2.71. The topological polar surface area (TPSA) is 87.5 Å². The van der Waals surface area contributed by atoms with E-state index in [-0.39, 0.29) is 19.1 Å². The fourth-order valence-corrected chi connectivity index (χ4v) is 2.71. The van der Waals surface area contributed by atoms with Gasteiger partial charge in [0.05, 0.1) is 32.7 Å². The molecule has 0 aliphatic carbocycles. The Labute approximate surface area is 174 Å². The van der Waals surface area contributed by atoms with Gasteiger partial charge in [-0.15, -0.1) is 0 Å². The van der Waals surface area contributed by atoms with Crippen molar-refractivity contribution in [1.82, 2.24) is 20.1 Å². The van der Waals surface area contributed by atoms with Gasteiger partial charge in [0.1, 0.15) is 29.5 Å². The van der Waals surface area contributed by atoms with E-state index in [1.165, 1.54) is 4.68 Å². The Morgan fingerprint density at radius 2 is 2.00 bits per heavy atom. The van der Waals surface area contributed by atoms with Crippen LogP contribution in [-0.4, -0.2) is 48.0 Å². The first-order valence-electron chi connectivity index (χ1n) is 9.15. The van der Waals surface area contributed by atoms with E-state index < -0.39 is 0 Å². The van der Waals surface area contributed by atoms with Crippen LogP contribution in [0, 0.1) is 11.8 Å². The maximum Gasteiger partial charge on any atom is 0.270 e. The maximum atomic E-state index is 12.5. The highest BCUT2D eigenvalue weighted by atomic mass is 16.5. The number of carbonyl (C=O) groups is 1. The van der Waals surface area contributed by atoms with Gasteiger partial charge in [-0.25, -0.2) is 0 Å². The molecule has 0 saturated carbocycles. The molecule has 0 unspecified atom stereocenters. The fraction of sp³-hybridized carbons (Fsp3) is 0.227. The SMILES string of the molecule is COc1ccc(OC)c(-c2cc(C(=O)NCC#CCOc3cccnc3)n(C)n2)c1. The molecule has 3 aromatic rings. The molecule has 1 N–H and O–H groups in total. The summed E-state index contributed by atoms with van der Waals surface area (Å²) in [7, 11) is 4.88. The Kier molecular flexibility index (Phi) is 6.90. The van der Waals surface area contributed by atoms with Gasteiger partial charge in [-0.3, -0.25) is 14.5 Å². The lowest BCUT2D eigenvalue weighted by molar-refractivity contribution is 0.0949. The molecule has 0 fully saturated rings. The van der Waals surface area contributed by atoms with Gasteiger partial charge in [0.15, 0.2) is 0 Å². The highest BCUT2D eigenvalue weighted by molar-refractivity contribution is 5.94. The molecule has 0 saturated heterocycles. The number of hydrogen-bond acceptors (Lipinski definition) is 6. The van der Waals surface area contributed by atoms with E-state index in [1.54, 1.807) is 64.0 Å². The van der Waals surface area contributed by atoms with Gasteiger partial charge in [-0.2, -0.15) is 5.10 Å². The van der Waals surface area contributed by atoms with Gasteiger partial charge in [0.25, 0.3) is 5.91 Å². The van der Waals surface area contributed by atoms with E-state index in [0.29, 0.717) is 28.6 Å². The van der Waals surface area contributed by atoms with Crippen LogP contribution in [0.15, 0.2) is 48.8 Å². The van der Waals surface area contributed by atoms with Crippen molar-refractivity contribution >= 4 is 5.91 Å². The van der Waals surface area contributed by atoms with Crippen LogP contribution < -0.4 is 19.5 Å². The Hall–Kier alpha value is -3.99. The number of nitrogens with zero attached hydrogens (tertiary/aromatic N) is 3. The van der Waals surface area contributed by atoms with Crippen LogP contribution >= 0.6 is 0 Å². The molecule has 1 amide bonds. The normalized spacial score (nSPS) is 9.97. The van der Waals surface area contributed by atoms with Crippen LogP contribution in [0.3, 0.4) is 0 Å². The van der Waals surface area contributed by atoms with Crippen LogP contribution in [0.1, 0.15) is 10.5 Å². The summed E-state index contributed by atoms with van der Waals surface area (Å²) in [5.74, 6) is 7.38. The smallest absolute Gasteiger partial charge is 0.270 e. The van der Waals surface area contributed by atoms with Crippen molar-refractivity contribution in [2.24, 2.45) is 7.05 Å². The zero-order chi connectivity index (χ0) is 21.3. The molecular formula is C22H22N4O4. The highest BCUT2D eigenvalue weighted by Crippen LogP contribution is 2.32. The third kappa shape index (κ3) is 5.08. The molecule has 0 bridgehead atoms. The molecule has 30 heavy (non-hydrogen) atoms. The number of rotatable bonds is 7. The number of aryl methyl sites for hydroxylation is 1. The van der Waals surface area contributed by atoms with Crippen molar-refractivity contribution in [2.75, 3.05) is 27.4 Å². The molecule has 8 nitrogen and oxygen atoms in total. The molecule has 1 aromatic carbocycles. The second kappa shape index (κ2) is 9.98. The first-order valence-corrected chi connectivity index (χ1v) is 9.15. The molecule has 0 aliphatic rings. The van der Waals surface area contributed by atoms with Crippen molar-refractivity contribution in [3.8, 4) is 40.3 Å². The predicted octanol–water partition coefficient (Wildman–Crippen LogP) is 2.31. The Morgan fingerprint density at radius 3 is 2.73 bits per heavy atom. The second-order valence-corrected chi connectivity index (χ2v) is 6.12. The maximum absolute atomic E-state index is 12.5. The van der Waals surface area contributed by atoms with E-state index in [1.807, 2.05) is 6.07 Å². The summed E-state index contributed by atoms with van der Waals surface area (Å²) >= 11 is 0. The third-order valence-corrected chi connectivity index (χ3v) is 4.20. The minimum atomic E-state index is -0.277. The summed E-state index contributed by atoms with van der Waals surface area (Å²) in [6.07, 6.45) is 3.28. The quantitative estimate of drug-likeness (QED) is 0.606. The molecule has 0 atom stereocenters. The highest BCUT2D eigenvalue weighted by Gasteiger charge is 2.17. The Balaban J connectivity index is 1.62. The summed E-state index contributed by atoms with van der Waals surface area (Å²) < 4.78 is 17.6. The van der Waals surface area contributed by atoms with Crippen LogP contribution in [0.4, 0.5) is 0 Å². The largest absolute Gasteiger partial charge is 0.497 e. The number of ether oxygens (including phenoxy) is 3. The molecule has 3 rings (SSSR count). The first kappa shape index (κ1) is 20.7. The van der Waals surface area contributed by atoms with Crippen molar-refractivity contribution < 1.29 is 19.0 Å². The van der Waals surface area contributed by atoms with Gasteiger partial charge >= 0.3 is 0 Å². The molecule has 154 valence electrons. The molecule has 2 heterocycles. The number of benzene rings is 1. The Bertz CT molecular complexity index is 1070. The van der Waals surface area contributed by atoms with Crippen LogP contribution in [0.5, 0.6) is 17.2 Å². The average molecular weight is 406 g/mol. The molecule has 8 heteroatoms. The minimum absolute atomic E-state index is 0.193. The van der Waals surface area contributed by atoms with Gasteiger partial charge < -0.3 is 19.5 Å². The van der Waals surface area contributed by atoms with Gasteiger partial charge in [0.2, 0.25) is 0 Å². The van der Waals surface area contributed by atoms with Gasteiger partial charge in [-0.1, -0.05) is 11.8 Å². The van der Waals surface area contributed by atoms with Crippen molar-refractivity contribution in [1.29, 1.82) is 0 Å². The van der Waals surface area contributed by atoms with Crippen LogP contribution in [-0.2, 0) is 7.05 Å². The van der Waals surface area contributed by atoms with Gasteiger partial charge in [0, 0.05) is 18.8 Å². The van der Waals surface area contributed by atoms with Crippen molar-refractivity contribution in [2.45, 2.75) is 0 Å². The third-order valence-electron chi connectivity index (χ3n) is 4.20. The van der Waals surface area contributed by atoms with Crippen molar-refractivity contribution in [3.63, 3.8) is 0 Å². The monoisotopic (exact) mass is 406 g/mol. The van der Waals surface area contributed by atoms with Gasteiger partial charge in [-0.05, 0) is 36.4 Å².